The van der Waals surface area contributed by atoms with E-state index in [0.29, 0.717) is 0 Å². The minimum atomic E-state index is -1.35. The number of allylic oxidation sites excluding steroid dienone is 8. The fourth-order valence-electron chi connectivity index (χ4n) is 3.76. The van der Waals surface area contributed by atoms with Crippen molar-refractivity contribution in [3.8, 4) is 11.1 Å². The Morgan fingerprint density at radius 2 is 1.37 bits per heavy atom. The summed E-state index contributed by atoms with van der Waals surface area (Å²) in [6, 6.07) is 20.8. The van der Waals surface area contributed by atoms with E-state index in [-0.39, 0.29) is 0 Å². The molecular weight excluding hydrogens is 420 g/mol. The fraction of sp³-hybridized carbons (Fsp3) is 0.200. The normalized spacial score (nSPS) is 15.0. The second kappa shape index (κ2) is 10.2. The SMILES string of the molecule is CC1=[C]([Zr]([C]2=CC=CC2)[SiH](C)C)CC=C1.c1ccc(-c2ccccc2)cc1. The van der Waals surface area contributed by atoms with E-state index in [1.54, 1.807) is 5.57 Å². The second-order valence-electron chi connectivity index (χ2n) is 7.39. The first kappa shape index (κ1) is 20.2. The first-order valence-electron chi connectivity index (χ1n) is 9.87. The average molecular weight is 449 g/mol. The molecule has 0 amide bonds. The van der Waals surface area contributed by atoms with Crippen LogP contribution in [0.1, 0.15) is 19.8 Å². The zero-order chi connectivity index (χ0) is 19.1. The molecule has 4 rings (SSSR count). The molecule has 27 heavy (non-hydrogen) atoms. The van der Waals surface area contributed by atoms with E-state index in [0.717, 1.165) is 0 Å². The summed E-state index contributed by atoms with van der Waals surface area (Å²) in [5.74, 6) is -0.440. The topological polar surface area (TPSA) is 0 Å². The van der Waals surface area contributed by atoms with Crippen molar-refractivity contribution in [1.29, 1.82) is 0 Å². The van der Waals surface area contributed by atoms with Crippen molar-refractivity contribution in [1.82, 2.24) is 0 Å². The van der Waals surface area contributed by atoms with Gasteiger partial charge in [0.15, 0.2) is 0 Å². The fourth-order valence-corrected chi connectivity index (χ4v) is 23.7. The maximum absolute atomic E-state index is 2.56. The molecule has 2 aliphatic carbocycles. The number of rotatable bonds is 4. The molecule has 0 heterocycles. The van der Waals surface area contributed by atoms with Crippen molar-refractivity contribution in [2.45, 2.75) is 32.9 Å². The molecule has 0 aliphatic heterocycles. The van der Waals surface area contributed by atoms with Crippen LogP contribution in [0.3, 0.4) is 0 Å². The number of benzene rings is 2. The summed E-state index contributed by atoms with van der Waals surface area (Å²) >= 11 is -1.35. The molecule has 0 N–H and O–H groups in total. The Kier molecular flexibility index (Phi) is 7.61. The van der Waals surface area contributed by atoms with Crippen molar-refractivity contribution in [2.75, 3.05) is 0 Å². The van der Waals surface area contributed by atoms with Crippen LogP contribution in [0.15, 0.2) is 103 Å². The largest absolute Gasteiger partial charge is 0.0622 e. The quantitative estimate of drug-likeness (QED) is 0.441. The molecule has 0 unspecified atom stereocenters. The van der Waals surface area contributed by atoms with Gasteiger partial charge in [-0.05, 0) is 11.1 Å². The molecule has 2 aromatic rings. The molecule has 0 bridgehead atoms. The summed E-state index contributed by atoms with van der Waals surface area (Å²) in [5, 5.41) is 0. The van der Waals surface area contributed by atoms with Crippen LogP contribution < -0.4 is 0 Å². The molecule has 137 valence electrons. The van der Waals surface area contributed by atoms with Gasteiger partial charge < -0.3 is 0 Å². The Hall–Kier alpha value is -1.50. The molecule has 2 heteroatoms. The summed E-state index contributed by atoms with van der Waals surface area (Å²) < 4.78 is 3.76. The molecule has 0 spiro atoms. The van der Waals surface area contributed by atoms with E-state index in [1.807, 2.05) is 18.7 Å². The molecule has 0 fully saturated rings. The van der Waals surface area contributed by atoms with Crippen LogP contribution in [0.25, 0.3) is 11.1 Å². The number of hydrogen-bond donors (Lipinski definition) is 0. The van der Waals surface area contributed by atoms with Gasteiger partial charge in [-0.25, -0.2) is 0 Å². The van der Waals surface area contributed by atoms with Crippen molar-refractivity contribution in [3.63, 3.8) is 0 Å². The van der Waals surface area contributed by atoms with Crippen LogP contribution in [0, 0.1) is 0 Å². The van der Waals surface area contributed by atoms with Gasteiger partial charge in [-0.2, -0.15) is 0 Å². The minimum absolute atomic E-state index is 0.440. The molecule has 0 atom stereocenters. The summed E-state index contributed by atoms with van der Waals surface area (Å²) in [6.45, 7) is 7.44. The van der Waals surface area contributed by atoms with Gasteiger partial charge in [-0.1, -0.05) is 60.7 Å². The van der Waals surface area contributed by atoms with Gasteiger partial charge in [0.25, 0.3) is 0 Å². The summed E-state index contributed by atoms with van der Waals surface area (Å²) in [4.78, 5) is 0. The molecule has 0 aromatic heterocycles. The van der Waals surface area contributed by atoms with Gasteiger partial charge in [0.2, 0.25) is 0 Å². The van der Waals surface area contributed by atoms with Gasteiger partial charge in [0.05, 0.1) is 0 Å². The maximum Gasteiger partial charge on any atom is -0.0184 e. The predicted octanol–water partition coefficient (Wildman–Crippen LogP) is 7.02. The Bertz CT molecular complexity index is 820. The monoisotopic (exact) mass is 447 g/mol. The molecule has 0 saturated carbocycles. The van der Waals surface area contributed by atoms with E-state index in [2.05, 4.69) is 98.9 Å². The zero-order valence-electron chi connectivity index (χ0n) is 16.7. The third-order valence-electron chi connectivity index (χ3n) is 5.07. The minimum Gasteiger partial charge on any atom is -0.0622 e. The van der Waals surface area contributed by atoms with Gasteiger partial charge in [-0.3, -0.25) is 0 Å². The van der Waals surface area contributed by atoms with E-state index in [4.69, 9.17) is 0 Å². The van der Waals surface area contributed by atoms with E-state index in [1.165, 1.54) is 24.0 Å². The van der Waals surface area contributed by atoms with Gasteiger partial charge >= 0.3 is 102 Å². The van der Waals surface area contributed by atoms with Crippen molar-refractivity contribution in [2.24, 2.45) is 0 Å². The van der Waals surface area contributed by atoms with Crippen molar-refractivity contribution >= 4 is 5.92 Å². The molecule has 2 aliphatic rings. The summed E-state index contributed by atoms with van der Waals surface area (Å²) in [7, 11) is 0. The van der Waals surface area contributed by atoms with Crippen molar-refractivity contribution < 1.29 is 20.9 Å². The standard InChI is InChI=1S/C12H10.C6H7.C5H5.C2H7Si.Zr/c1-3-7-11(8-4-1)12-9-5-2-6-10-12;1-6-4-2-3-5-6;1-2-4-5-3-1;1-3-2;/h1-10H;2,4H,3H2,1H3;1-3H,4H2;3H,1-2H3;. The van der Waals surface area contributed by atoms with Crippen LogP contribution in [0.5, 0.6) is 0 Å². The molecule has 2 aromatic carbocycles. The van der Waals surface area contributed by atoms with E-state index >= 15 is 0 Å². The van der Waals surface area contributed by atoms with Crippen molar-refractivity contribution in [3.05, 3.63) is 103 Å². The van der Waals surface area contributed by atoms with Crippen LogP contribution in [-0.4, -0.2) is 5.92 Å². The number of hydrogen-bond acceptors (Lipinski definition) is 0. The Morgan fingerprint density at radius 1 is 0.778 bits per heavy atom. The third kappa shape index (κ3) is 5.50. The molecular formula is C25H29SiZr. The van der Waals surface area contributed by atoms with Gasteiger partial charge in [0, 0.05) is 0 Å². The van der Waals surface area contributed by atoms with Crippen LogP contribution >= 0.6 is 0 Å². The molecule has 0 saturated heterocycles. The van der Waals surface area contributed by atoms with Crippen LogP contribution in [0.2, 0.25) is 13.1 Å². The second-order valence-corrected chi connectivity index (χ2v) is 26.7. The summed E-state index contributed by atoms with van der Waals surface area (Å²) in [5.41, 5.74) is 4.16. The van der Waals surface area contributed by atoms with E-state index in [9.17, 15) is 0 Å². The molecule has 0 nitrogen and oxygen atoms in total. The first-order valence-corrected chi connectivity index (χ1v) is 19.5. The average Bonchev–Trinajstić information content (AvgIpc) is 3.37. The van der Waals surface area contributed by atoms with Crippen LogP contribution in [0.4, 0.5) is 0 Å². The zero-order valence-corrected chi connectivity index (χ0v) is 20.3. The van der Waals surface area contributed by atoms with Gasteiger partial charge in [0.1, 0.15) is 0 Å². The molecule has 0 radical (unpaired) electrons. The van der Waals surface area contributed by atoms with Gasteiger partial charge in [-0.15, -0.1) is 0 Å². The smallest absolute Gasteiger partial charge is 0.0184 e. The summed E-state index contributed by atoms with van der Waals surface area (Å²) in [6.07, 6.45) is 14.3. The third-order valence-corrected chi connectivity index (χ3v) is 24.7. The Labute approximate surface area is 173 Å². The van der Waals surface area contributed by atoms with E-state index < -0.39 is 26.8 Å². The predicted molar refractivity (Wildman–Crippen MR) is 119 cm³/mol. The Morgan fingerprint density at radius 3 is 1.78 bits per heavy atom. The Balaban J connectivity index is 0.000000159. The first-order chi connectivity index (χ1) is 13.2. The maximum atomic E-state index is 2.56. The van der Waals surface area contributed by atoms with Crippen LogP contribution in [-0.2, 0) is 20.9 Å².